The Bertz CT molecular complexity index is 355. The van der Waals surface area contributed by atoms with E-state index in [1.54, 1.807) is 0 Å². The summed E-state index contributed by atoms with van der Waals surface area (Å²) in [6, 6.07) is 0.690. The molecular weight excluding hydrogens is 228 g/mol. The van der Waals surface area contributed by atoms with Crippen LogP contribution in [0, 0.1) is 0 Å². The Balaban J connectivity index is 2.04. The van der Waals surface area contributed by atoms with E-state index in [1.807, 2.05) is 0 Å². The van der Waals surface area contributed by atoms with Gasteiger partial charge in [-0.05, 0) is 24.4 Å². The van der Waals surface area contributed by atoms with Crippen molar-refractivity contribution in [1.29, 1.82) is 0 Å². The van der Waals surface area contributed by atoms with Gasteiger partial charge in [0.05, 0.1) is 7.11 Å². The highest BCUT2D eigenvalue weighted by Crippen LogP contribution is 2.21. The Morgan fingerprint density at radius 3 is 2.62 bits per heavy atom. The number of ether oxygens (including phenoxy) is 1. The Morgan fingerprint density at radius 2 is 1.94 bits per heavy atom. The number of hydrogen-bond donors (Lipinski definition) is 1. The molecule has 5 nitrogen and oxygen atoms in total. The third-order valence-electron chi connectivity index (χ3n) is 2.71. The zero-order valence-corrected chi connectivity index (χ0v) is 10.00. The number of halogens is 1. The van der Waals surface area contributed by atoms with Crippen LogP contribution in [0.15, 0.2) is 0 Å². The van der Waals surface area contributed by atoms with E-state index in [0.29, 0.717) is 12.0 Å². The van der Waals surface area contributed by atoms with Crippen molar-refractivity contribution in [3.05, 3.63) is 5.28 Å². The quantitative estimate of drug-likeness (QED) is 0.881. The lowest BCUT2D eigenvalue weighted by atomic mass is 9.96. The van der Waals surface area contributed by atoms with Crippen molar-refractivity contribution in [2.24, 2.45) is 0 Å². The Hall–Kier alpha value is -1.10. The number of nitrogens with zero attached hydrogens (tertiary/aromatic N) is 3. The number of anilines is 1. The molecule has 0 bridgehead atoms. The van der Waals surface area contributed by atoms with Crippen LogP contribution in [0.2, 0.25) is 5.28 Å². The highest BCUT2D eigenvalue weighted by Gasteiger charge is 2.15. The average Bonchev–Trinajstić information content (AvgIpc) is 2.29. The second kappa shape index (κ2) is 5.30. The van der Waals surface area contributed by atoms with Crippen molar-refractivity contribution in [3.63, 3.8) is 0 Å². The van der Waals surface area contributed by atoms with E-state index in [1.165, 1.54) is 26.4 Å². The average molecular weight is 243 g/mol. The third kappa shape index (κ3) is 2.95. The molecule has 0 radical (unpaired) electrons. The first kappa shape index (κ1) is 11.4. The lowest BCUT2D eigenvalue weighted by Gasteiger charge is -2.22. The molecule has 6 heteroatoms. The summed E-state index contributed by atoms with van der Waals surface area (Å²) in [5.41, 5.74) is 0. The fourth-order valence-electron chi connectivity index (χ4n) is 1.92. The summed E-state index contributed by atoms with van der Waals surface area (Å²) in [6.07, 6.45) is 6.15. The minimum atomic E-state index is 0.158. The molecule has 88 valence electrons. The van der Waals surface area contributed by atoms with E-state index in [4.69, 9.17) is 16.3 Å². The van der Waals surface area contributed by atoms with E-state index in [0.717, 1.165) is 12.8 Å². The van der Waals surface area contributed by atoms with Crippen LogP contribution >= 0.6 is 11.6 Å². The van der Waals surface area contributed by atoms with Crippen LogP contribution in [0.5, 0.6) is 6.01 Å². The third-order valence-corrected chi connectivity index (χ3v) is 2.88. The molecule has 0 atom stereocenters. The molecule has 0 aliphatic heterocycles. The van der Waals surface area contributed by atoms with E-state index in [9.17, 15) is 0 Å². The van der Waals surface area contributed by atoms with Gasteiger partial charge in [-0.3, -0.25) is 0 Å². The highest BCUT2D eigenvalue weighted by atomic mass is 35.5. The fourth-order valence-corrected chi connectivity index (χ4v) is 2.07. The van der Waals surface area contributed by atoms with Gasteiger partial charge in [0.2, 0.25) is 11.2 Å². The van der Waals surface area contributed by atoms with Crippen molar-refractivity contribution in [2.45, 2.75) is 38.1 Å². The predicted molar refractivity (Wildman–Crippen MR) is 61.9 cm³/mol. The molecule has 1 fully saturated rings. The molecule has 1 heterocycles. The van der Waals surface area contributed by atoms with Crippen LogP contribution in [0.4, 0.5) is 5.95 Å². The molecule has 0 aromatic carbocycles. The van der Waals surface area contributed by atoms with Crippen LogP contribution in [-0.2, 0) is 0 Å². The van der Waals surface area contributed by atoms with Crippen LogP contribution in [0.1, 0.15) is 32.1 Å². The van der Waals surface area contributed by atoms with Crippen molar-refractivity contribution in [3.8, 4) is 6.01 Å². The molecule has 1 saturated carbocycles. The summed E-state index contributed by atoms with van der Waals surface area (Å²) in [5.74, 6) is 0.503. The molecule has 1 aromatic rings. The maximum absolute atomic E-state index is 5.76. The number of nitrogens with one attached hydrogen (secondary N) is 1. The summed E-state index contributed by atoms with van der Waals surface area (Å²) in [7, 11) is 1.51. The fraction of sp³-hybridized carbons (Fsp3) is 0.700. The van der Waals surface area contributed by atoms with Gasteiger partial charge in [0.1, 0.15) is 0 Å². The van der Waals surface area contributed by atoms with Crippen LogP contribution in [0.25, 0.3) is 0 Å². The molecule has 1 aliphatic rings. The smallest absolute Gasteiger partial charge is 0.322 e. The van der Waals surface area contributed by atoms with Crippen molar-refractivity contribution >= 4 is 17.5 Å². The standard InChI is InChI=1S/C10H15ClN4O/c1-16-10-14-8(11)13-9(15-10)12-7-5-3-2-4-6-7/h7H,2-6H2,1H3,(H,12,13,14,15). The lowest BCUT2D eigenvalue weighted by molar-refractivity contribution is 0.378. The van der Waals surface area contributed by atoms with Gasteiger partial charge in [-0.15, -0.1) is 0 Å². The summed E-state index contributed by atoms with van der Waals surface area (Å²) in [4.78, 5) is 12.0. The van der Waals surface area contributed by atoms with Gasteiger partial charge in [-0.1, -0.05) is 19.3 Å². The largest absolute Gasteiger partial charge is 0.467 e. The number of hydrogen-bond acceptors (Lipinski definition) is 5. The Labute approximate surface area is 99.6 Å². The van der Waals surface area contributed by atoms with Gasteiger partial charge in [0, 0.05) is 6.04 Å². The topological polar surface area (TPSA) is 59.9 Å². The van der Waals surface area contributed by atoms with Gasteiger partial charge >= 0.3 is 6.01 Å². The van der Waals surface area contributed by atoms with Crippen LogP contribution in [0.3, 0.4) is 0 Å². The molecule has 1 aliphatic carbocycles. The summed E-state index contributed by atoms with van der Waals surface area (Å²) >= 11 is 5.76. The zero-order chi connectivity index (χ0) is 11.4. The first-order valence-electron chi connectivity index (χ1n) is 5.50. The summed E-state index contributed by atoms with van der Waals surface area (Å²) in [6.45, 7) is 0. The summed E-state index contributed by atoms with van der Waals surface area (Å²) in [5, 5.41) is 3.43. The second-order valence-corrected chi connectivity index (χ2v) is 4.23. The van der Waals surface area contributed by atoms with E-state index >= 15 is 0 Å². The summed E-state index contributed by atoms with van der Waals surface area (Å²) < 4.78 is 4.94. The lowest BCUT2D eigenvalue weighted by Crippen LogP contribution is -2.23. The maximum Gasteiger partial charge on any atom is 0.322 e. The minimum absolute atomic E-state index is 0.158. The monoisotopic (exact) mass is 242 g/mol. The number of rotatable bonds is 3. The normalized spacial score (nSPS) is 17.1. The number of aromatic nitrogens is 3. The minimum Gasteiger partial charge on any atom is -0.467 e. The molecule has 16 heavy (non-hydrogen) atoms. The molecule has 1 aromatic heterocycles. The van der Waals surface area contributed by atoms with Gasteiger partial charge in [-0.2, -0.15) is 15.0 Å². The first-order valence-corrected chi connectivity index (χ1v) is 5.88. The molecule has 0 amide bonds. The molecule has 0 saturated heterocycles. The van der Waals surface area contributed by atoms with E-state index < -0.39 is 0 Å². The van der Waals surface area contributed by atoms with Crippen LogP contribution < -0.4 is 10.1 Å². The molecule has 2 rings (SSSR count). The zero-order valence-electron chi connectivity index (χ0n) is 9.24. The van der Waals surface area contributed by atoms with Gasteiger partial charge in [0.15, 0.2) is 0 Å². The van der Waals surface area contributed by atoms with Gasteiger partial charge < -0.3 is 10.1 Å². The Morgan fingerprint density at radius 1 is 1.19 bits per heavy atom. The van der Waals surface area contributed by atoms with E-state index in [-0.39, 0.29) is 11.3 Å². The maximum atomic E-state index is 5.76. The SMILES string of the molecule is COc1nc(Cl)nc(NC2CCCCC2)n1. The molecule has 0 spiro atoms. The number of methoxy groups -OCH3 is 1. The van der Waals surface area contributed by atoms with Crippen molar-refractivity contribution < 1.29 is 4.74 Å². The van der Waals surface area contributed by atoms with Gasteiger partial charge in [-0.25, -0.2) is 0 Å². The predicted octanol–water partition coefficient (Wildman–Crippen LogP) is 2.28. The van der Waals surface area contributed by atoms with E-state index in [2.05, 4.69) is 20.3 Å². The molecular formula is C10H15ClN4O. The van der Waals surface area contributed by atoms with Gasteiger partial charge in [0.25, 0.3) is 0 Å². The molecule has 0 unspecified atom stereocenters. The first-order chi connectivity index (χ1) is 7.78. The highest BCUT2D eigenvalue weighted by molar-refractivity contribution is 6.28. The van der Waals surface area contributed by atoms with Crippen LogP contribution in [-0.4, -0.2) is 28.1 Å². The second-order valence-electron chi connectivity index (χ2n) is 3.89. The van der Waals surface area contributed by atoms with Crippen molar-refractivity contribution in [1.82, 2.24) is 15.0 Å². The Kier molecular flexibility index (Phi) is 3.77. The van der Waals surface area contributed by atoms with Crippen molar-refractivity contribution in [2.75, 3.05) is 12.4 Å². The molecule has 1 N–H and O–H groups in total.